The lowest BCUT2D eigenvalue weighted by molar-refractivity contribution is 0.355. The Kier molecular flexibility index (Phi) is 3.49. The van der Waals surface area contributed by atoms with Crippen molar-refractivity contribution < 1.29 is 9.47 Å². The van der Waals surface area contributed by atoms with Crippen molar-refractivity contribution in [3.05, 3.63) is 23.6 Å². The Bertz CT molecular complexity index is 511. The summed E-state index contributed by atoms with van der Waals surface area (Å²) in [5.41, 5.74) is 1.02. The summed E-state index contributed by atoms with van der Waals surface area (Å²) in [6.45, 7) is 0. The van der Waals surface area contributed by atoms with Gasteiger partial charge in [0.05, 0.1) is 14.2 Å². The van der Waals surface area contributed by atoms with Crippen LogP contribution in [0.5, 0.6) is 11.5 Å². The summed E-state index contributed by atoms with van der Waals surface area (Å²) in [5.74, 6) is 2.31. The molecule has 0 atom stereocenters. The lowest BCUT2D eigenvalue weighted by Gasteiger charge is -2.08. The molecule has 1 aromatic carbocycles. The molecule has 0 saturated carbocycles. The zero-order chi connectivity index (χ0) is 12.3. The van der Waals surface area contributed by atoms with Gasteiger partial charge in [-0.15, -0.1) is 11.3 Å². The van der Waals surface area contributed by atoms with Gasteiger partial charge in [-0.3, -0.25) is 0 Å². The summed E-state index contributed by atoms with van der Waals surface area (Å²) < 4.78 is 10.5. The lowest BCUT2D eigenvalue weighted by Crippen LogP contribution is -1.91. The highest BCUT2D eigenvalue weighted by Crippen LogP contribution is 2.34. The van der Waals surface area contributed by atoms with Gasteiger partial charge in [0.2, 0.25) is 0 Å². The van der Waals surface area contributed by atoms with Gasteiger partial charge in [-0.05, 0) is 18.2 Å². The molecule has 0 aliphatic carbocycles. The molecular formula is C12H14N2O2S. The average Bonchev–Trinajstić information content (AvgIpc) is 2.86. The molecule has 4 nitrogen and oxygen atoms in total. The first-order chi connectivity index (χ1) is 8.28. The molecule has 0 radical (unpaired) electrons. The number of hydrogen-bond acceptors (Lipinski definition) is 5. The fourth-order valence-electron chi connectivity index (χ4n) is 1.49. The molecule has 1 heterocycles. The molecule has 0 spiro atoms. The van der Waals surface area contributed by atoms with Gasteiger partial charge < -0.3 is 14.8 Å². The van der Waals surface area contributed by atoms with Crippen LogP contribution in [0.3, 0.4) is 0 Å². The van der Waals surface area contributed by atoms with Gasteiger partial charge in [-0.1, -0.05) is 0 Å². The van der Waals surface area contributed by atoms with E-state index in [1.54, 1.807) is 25.6 Å². The van der Waals surface area contributed by atoms with Crippen LogP contribution in [0.15, 0.2) is 23.6 Å². The number of nitrogens with zero attached hydrogens (tertiary/aromatic N) is 1. The molecule has 0 aliphatic rings. The van der Waals surface area contributed by atoms with Gasteiger partial charge in [0.1, 0.15) is 10.8 Å². The third-order valence-electron chi connectivity index (χ3n) is 2.39. The summed E-state index contributed by atoms with van der Waals surface area (Å²) in [6.07, 6.45) is 0. The van der Waals surface area contributed by atoms with Crippen LogP contribution in [0.4, 0.5) is 5.82 Å². The van der Waals surface area contributed by atoms with Gasteiger partial charge in [0.15, 0.2) is 11.5 Å². The van der Waals surface area contributed by atoms with Gasteiger partial charge in [-0.25, -0.2) is 4.98 Å². The maximum Gasteiger partial charge on any atom is 0.161 e. The molecule has 90 valence electrons. The quantitative estimate of drug-likeness (QED) is 0.906. The van der Waals surface area contributed by atoms with Crippen molar-refractivity contribution in [3.8, 4) is 22.1 Å². The van der Waals surface area contributed by atoms with Crippen LogP contribution in [0.1, 0.15) is 0 Å². The number of rotatable bonds is 4. The van der Waals surface area contributed by atoms with Crippen molar-refractivity contribution in [1.82, 2.24) is 4.98 Å². The molecule has 1 N–H and O–H groups in total. The molecule has 0 fully saturated rings. The van der Waals surface area contributed by atoms with Crippen LogP contribution >= 0.6 is 11.3 Å². The molecule has 0 aliphatic heterocycles. The predicted molar refractivity (Wildman–Crippen MR) is 70.2 cm³/mol. The van der Waals surface area contributed by atoms with E-state index in [0.717, 1.165) is 22.1 Å². The summed E-state index contributed by atoms with van der Waals surface area (Å²) in [5, 5.41) is 5.94. The van der Waals surface area contributed by atoms with Crippen LogP contribution in [0, 0.1) is 0 Å². The van der Waals surface area contributed by atoms with E-state index in [1.807, 2.05) is 30.6 Å². The smallest absolute Gasteiger partial charge is 0.161 e. The summed E-state index contributed by atoms with van der Waals surface area (Å²) in [6, 6.07) is 5.78. The molecule has 5 heteroatoms. The predicted octanol–water partition coefficient (Wildman–Crippen LogP) is 2.87. The van der Waals surface area contributed by atoms with Crippen LogP contribution in [0.25, 0.3) is 10.6 Å². The average molecular weight is 250 g/mol. The summed E-state index contributed by atoms with van der Waals surface area (Å²) >= 11 is 1.59. The molecular weight excluding hydrogens is 236 g/mol. The minimum Gasteiger partial charge on any atom is -0.493 e. The monoisotopic (exact) mass is 250 g/mol. The Morgan fingerprint density at radius 3 is 2.53 bits per heavy atom. The number of hydrogen-bond donors (Lipinski definition) is 1. The highest BCUT2D eigenvalue weighted by Gasteiger charge is 2.08. The van der Waals surface area contributed by atoms with Gasteiger partial charge >= 0.3 is 0 Å². The second kappa shape index (κ2) is 5.05. The van der Waals surface area contributed by atoms with E-state index in [2.05, 4.69) is 10.3 Å². The highest BCUT2D eigenvalue weighted by molar-refractivity contribution is 7.13. The Hall–Kier alpha value is -1.75. The largest absolute Gasteiger partial charge is 0.493 e. The zero-order valence-corrected chi connectivity index (χ0v) is 10.8. The number of methoxy groups -OCH3 is 2. The third kappa shape index (κ3) is 2.34. The number of ether oxygens (including phenoxy) is 2. The van der Waals surface area contributed by atoms with Crippen molar-refractivity contribution in [1.29, 1.82) is 0 Å². The topological polar surface area (TPSA) is 43.4 Å². The van der Waals surface area contributed by atoms with E-state index < -0.39 is 0 Å². The zero-order valence-electron chi connectivity index (χ0n) is 9.98. The van der Waals surface area contributed by atoms with Crippen LogP contribution in [-0.4, -0.2) is 26.3 Å². The first-order valence-corrected chi connectivity index (χ1v) is 6.02. The number of aromatic nitrogens is 1. The van der Waals surface area contributed by atoms with Crippen molar-refractivity contribution in [3.63, 3.8) is 0 Å². The molecule has 17 heavy (non-hydrogen) atoms. The first-order valence-electron chi connectivity index (χ1n) is 5.14. The fourth-order valence-corrected chi connectivity index (χ4v) is 2.30. The maximum absolute atomic E-state index is 5.27. The van der Waals surface area contributed by atoms with Crippen molar-refractivity contribution in [2.45, 2.75) is 0 Å². The van der Waals surface area contributed by atoms with Crippen molar-refractivity contribution in [2.24, 2.45) is 0 Å². The summed E-state index contributed by atoms with van der Waals surface area (Å²) in [4.78, 5) is 4.44. The van der Waals surface area contributed by atoms with Crippen LogP contribution < -0.4 is 14.8 Å². The highest BCUT2D eigenvalue weighted by atomic mass is 32.1. The van der Waals surface area contributed by atoms with E-state index in [1.165, 1.54) is 0 Å². The molecule has 0 saturated heterocycles. The minimum atomic E-state index is 0.714. The second-order valence-corrected chi connectivity index (χ2v) is 4.22. The van der Waals surface area contributed by atoms with Gasteiger partial charge in [0, 0.05) is 18.0 Å². The number of thiazole rings is 1. The standard InChI is InChI=1S/C12H14N2O2S/c1-13-11-7-17-12(14-11)8-4-5-9(15-2)10(6-8)16-3/h4-7,13H,1-3H3. The first kappa shape index (κ1) is 11.7. The molecule has 2 aromatic rings. The van der Waals surface area contributed by atoms with Gasteiger partial charge in [-0.2, -0.15) is 0 Å². The number of nitrogens with one attached hydrogen (secondary N) is 1. The van der Waals surface area contributed by atoms with E-state index in [4.69, 9.17) is 9.47 Å². The molecule has 0 unspecified atom stereocenters. The van der Waals surface area contributed by atoms with E-state index in [-0.39, 0.29) is 0 Å². The molecule has 1 aromatic heterocycles. The number of benzene rings is 1. The molecule has 2 rings (SSSR count). The third-order valence-corrected chi connectivity index (χ3v) is 3.28. The normalized spacial score (nSPS) is 10.1. The van der Waals surface area contributed by atoms with E-state index in [9.17, 15) is 0 Å². The Balaban J connectivity index is 2.38. The fraction of sp³-hybridized carbons (Fsp3) is 0.250. The van der Waals surface area contributed by atoms with Crippen LogP contribution in [0.2, 0.25) is 0 Å². The van der Waals surface area contributed by atoms with E-state index in [0.29, 0.717) is 5.75 Å². The molecule has 0 bridgehead atoms. The molecule has 0 amide bonds. The Morgan fingerprint density at radius 1 is 1.18 bits per heavy atom. The number of anilines is 1. The maximum atomic E-state index is 5.27. The second-order valence-electron chi connectivity index (χ2n) is 3.36. The Morgan fingerprint density at radius 2 is 1.94 bits per heavy atom. The van der Waals surface area contributed by atoms with Gasteiger partial charge in [0.25, 0.3) is 0 Å². The SMILES string of the molecule is CNc1csc(-c2ccc(OC)c(OC)c2)n1. The summed E-state index contributed by atoms with van der Waals surface area (Å²) in [7, 11) is 5.11. The lowest BCUT2D eigenvalue weighted by atomic mass is 10.2. The minimum absolute atomic E-state index is 0.714. The van der Waals surface area contributed by atoms with E-state index >= 15 is 0 Å². The van der Waals surface area contributed by atoms with Crippen LogP contribution in [-0.2, 0) is 0 Å². The van der Waals surface area contributed by atoms with Crippen molar-refractivity contribution in [2.75, 3.05) is 26.6 Å². The Labute approximate surface area is 104 Å². The van der Waals surface area contributed by atoms with Crippen molar-refractivity contribution >= 4 is 17.2 Å².